The maximum atomic E-state index is 11.7. The third-order valence-electron chi connectivity index (χ3n) is 3.80. The van der Waals surface area contributed by atoms with Gasteiger partial charge in [0.25, 0.3) is 0 Å². The Labute approximate surface area is 173 Å². The van der Waals surface area contributed by atoms with Crippen LogP contribution in [0.25, 0.3) is 0 Å². The molecule has 0 bridgehead atoms. The minimum Gasteiger partial charge on any atom is -0.462 e. The lowest BCUT2D eigenvalue weighted by Gasteiger charge is -2.45. The Morgan fingerprint density at radius 1 is 0.733 bits per heavy atom. The van der Waals surface area contributed by atoms with Gasteiger partial charge in [0.1, 0.15) is 12.7 Å². The molecule has 0 amide bonds. The molecule has 0 spiro atoms. The molecule has 1 aliphatic heterocycles. The second-order valence-electron chi connectivity index (χ2n) is 6.38. The lowest BCUT2D eigenvalue weighted by molar-refractivity contribution is -0.312. The van der Waals surface area contributed by atoms with Crippen molar-refractivity contribution in [3.8, 4) is 0 Å². The van der Waals surface area contributed by atoms with E-state index in [9.17, 15) is 24.0 Å². The Kier molecular flexibility index (Phi) is 9.66. The molecule has 30 heavy (non-hydrogen) atoms. The Morgan fingerprint density at radius 2 is 1.23 bits per heavy atom. The van der Waals surface area contributed by atoms with Gasteiger partial charge in [-0.15, -0.1) is 0 Å². The highest BCUT2D eigenvalue weighted by Crippen LogP contribution is 2.31. The van der Waals surface area contributed by atoms with Crippen LogP contribution in [0.5, 0.6) is 0 Å². The Balaban J connectivity index is 3.41. The third-order valence-corrected chi connectivity index (χ3v) is 3.80. The highest BCUT2D eigenvalue weighted by molar-refractivity contribution is 5.69. The van der Waals surface area contributed by atoms with Crippen molar-refractivity contribution in [2.75, 3.05) is 13.7 Å². The summed E-state index contributed by atoms with van der Waals surface area (Å²) in [6.07, 6.45) is -7.89. The first-order chi connectivity index (χ1) is 14.0. The Bertz CT molecular complexity index is 660. The summed E-state index contributed by atoms with van der Waals surface area (Å²) in [6.45, 7) is 5.13. The van der Waals surface area contributed by atoms with Gasteiger partial charge in [0.15, 0.2) is 30.7 Å². The first-order valence-corrected chi connectivity index (χ1v) is 8.96. The molecule has 12 heteroatoms. The van der Waals surface area contributed by atoms with Gasteiger partial charge in [-0.2, -0.15) is 0 Å². The van der Waals surface area contributed by atoms with E-state index in [-0.39, 0.29) is 0 Å². The predicted molar refractivity (Wildman–Crippen MR) is 94.5 cm³/mol. The number of hydrogen-bond donors (Lipinski definition) is 0. The van der Waals surface area contributed by atoms with Crippen molar-refractivity contribution in [2.24, 2.45) is 0 Å². The fourth-order valence-corrected chi connectivity index (χ4v) is 2.90. The van der Waals surface area contributed by atoms with E-state index in [1.165, 1.54) is 7.11 Å². The van der Waals surface area contributed by atoms with Crippen LogP contribution >= 0.6 is 0 Å². The van der Waals surface area contributed by atoms with Gasteiger partial charge in [-0.25, -0.2) is 0 Å². The van der Waals surface area contributed by atoms with Crippen LogP contribution in [-0.2, 0) is 57.1 Å². The van der Waals surface area contributed by atoms with Gasteiger partial charge in [-0.3, -0.25) is 24.0 Å². The van der Waals surface area contributed by atoms with Crippen LogP contribution < -0.4 is 0 Å². The van der Waals surface area contributed by atoms with E-state index in [0.717, 1.165) is 34.6 Å². The zero-order valence-corrected chi connectivity index (χ0v) is 17.6. The first kappa shape index (κ1) is 25.3. The van der Waals surface area contributed by atoms with E-state index in [0.29, 0.717) is 0 Å². The summed E-state index contributed by atoms with van der Waals surface area (Å²) in [5.74, 6) is -3.69. The quantitative estimate of drug-likeness (QED) is 0.363. The average Bonchev–Trinajstić information content (AvgIpc) is 2.60. The largest absolute Gasteiger partial charge is 0.462 e. The van der Waals surface area contributed by atoms with Gasteiger partial charge < -0.3 is 33.2 Å². The molecule has 1 saturated heterocycles. The van der Waals surface area contributed by atoms with Crippen LogP contribution in [0.2, 0.25) is 0 Å². The molecule has 0 N–H and O–H groups in total. The zero-order chi connectivity index (χ0) is 23.0. The van der Waals surface area contributed by atoms with Crippen molar-refractivity contribution in [3.05, 3.63) is 0 Å². The topological polar surface area (TPSA) is 150 Å². The van der Waals surface area contributed by atoms with E-state index < -0.39 is 73.3 Å². The van der Waals surface area contributed by atoms with Gasteiger partial charge in [-0.1, -0.05) is 0 Å². The molecule has 0 aromatic carbocycles. The van der Waals surface area contributed by atoms with Gasteiger partial charge in [0.05, 0.1) is 0 Å². The summed E-state index contributed by atoms with van der Waals surface area (Å²) in [4.78, 5) is 57.8. The SMILES string of the molecule is CO[C@@H]1O[C@H]([C@H](COC(C)=O)OC(C)=O)[C@@H](OC(C)=O)[C@H](OC(C)=O)[C@@H]1OC(C)=O. The van der Waals surface area contributed by atoms with Crippen LogP contribution in [0.4, 0.5) is 0 Å². The number of carbonyl (C=O) groups is 5. The normalized spacial score (nSPS) is 26.7. The smallest absolute Gasteiger partial charge is 0.303 e. The van der Waals surface area contributed by atoms with Gasteiger partial charge in [-0.05, 0) is 0 Å². The molecule has 1 heterocycles. The number of hydrogen-bond acceptors (Lipinski definition) is 12. The summed E-state index contributed by atoms with van der Waals surface area (Å²) in [6, 6.07) is 0. The Hall–Kier alpha value is -2.73. The fourth-order valence-electron chi connectivity index (χ4n) is 2.90. The third kappa shape index (κ3) is 7.59. The van der Waals surface area contributed by atoms with Crippen molar-refractivity contribution in [2.45, 2.75) is 71.4 Å². The van der Waals surface area contributed by atoms with Gasteiger partial charge >= 0.3 is 29.8 Å². The van der Waals surface area contributed by atoms with Crippen molar-refractivity contribution in [3.63, 3.8) is 0 Å². The molecule has 12 nitrogen and oxygen atoms in total. The molecule has 0 radical (unpaired) electrons. The van der Waals surface area contributed by atoms with Crippen molar-refractivity contribution in [1.82, 2.24) is 0 Å². The average molecular weight is 434 g/mol. The molecule has 0 aliphatic carbocycles. The monoisotopic (exact) mass is 434 g/mol. The molecular formula is C18H26O12. The molecule has 1 fully saturated rings. The first-order valence-electron chi connectivity index (χ1n) is 8.96. The maximum Gasteiger partial charge on any atom is 0.303 e. The number of esters is 5. The van der Waals surface area contributed by atoms with Crippen LogP contribution in [0, 0.1) is 0 Å². The summed E-state index contributed by atoms with van der Waals surface area (Å²) >= 11 is 0. The number of ether oxygens (including phenoxy) is 7. The number of rotatable bonds is 8. The van der Waals surface area contributed by atoms with E-state index >= 15 is 0 Å². The Morgan fingerprint density at radius 3 is 1.67 bits per heavy atom. The molecule has 1 rings (SSSR count). The number of carbonyl (C=O) groups excluding carboxylic acids is 5. The number of methoxy groups -OCH3 is 1. The standard InChI is InChI=1S/C18H26O12/c1-8(19)25-7-13(26-9(2)20)14-15(27-10(3)21)16(28-11(4)22)17(29-12(5)23)18(24-6)30-14/h13-18H,7H2,1-6H3/t13-,14+,15+,16-,17-,18+/m0/s1. The molecule has 6 atom stereocenters. The minimum absolute atomic E-state index is 0.446. The molecule has 170 valence electrons. The van der Waals surface area contributed by atoms with Crippen LogP contribution in [0.15, 0.2) is 0 Å². The van der Waals surface area contributed by atoms with E-state index in [1.54, 1.807) is 0 Å². The van der Waals surface area contributed by atoms with E-state index in [2.05, 4.69) is 0 Å². The van der Waals surface area contributed by atoms with Gasteiger partial charge in [0, 0.05) is 41.7 Å². The molecule has 1 aliphatic rings. The molecular weight excluding hydrogens is 408 g/mol. The van der Waals surface area contributed by atoms with Crippen molar-refractivity contribution < 1.29 is 57.1 Å². The summed E-state index contributed by atoms with van der Waals surface area (Å²) in [5, 5.41) is 0. The molecule has 0 aromatic rings. The van der Waals surface area contributed by atoms with Crippen molar-refractivity contribution in [1.29, 1.82) is 0 Å². The van der Waals surface area contributed by atoms with Crippen molar-refractivity contribution >= 4 is 29.8 Å². The predicted octanol–water partition coefficient (Wildman–Crippen LogP) is -0.352. The summed E-state index contributed by atoms with van der Waals surface area (Å²) in [7, 11) is 1.24. The van der Waals surface area contributed by atoms with Crippen LogP contribution in [0.1, 0.15) is 34.6 Å². The lowest BCUT2D eigenvalue weighted by Crippen LogP contribution is -2.65. The molecule has 0 unspecified atom stereocenters. The maximum absolute atomic E-state index is 11.7. The van der Waals surface area contributed by atoms with E-state index in [1.807, 2.05) is 0 Å². The molecule has 0 aromatic heterocycles. The van der Waals surface area contributed by atoms with Crippen LogP contribution in [-0.4, -0.2) is 80.4 Å². The van der Waals surface area contributed by atoms with Crippen LogP contribution in [0.3, 0.4) is 0 Å². The zero-order valence-electron chi connectivity index (χ0n) is 17.6. The summed E-state index contributed by atoms with van der Waals surface area (Å²) in [5.41, 5.74) is 0. The molecule has 0 saturated carbocycles. The second-order valence-corrected chi connectivity index (χ2v) is 6.38. The highest BCUT2D eigenvalue weighted by Gasteiger charge is 2.55. The highest BCUT2D eigenvalue weighted by atomic mass is 16.7. The fraction of sp³-hybridized carbons (Fsp3) is 0.722. The van der Waals surface area contributed by atoms with E-state index in [4.69, 9.17) is 33.2 Å². The van der Waals surface area contributed by atoms with Gasteiger partial charge in [0.2, 0.25) is 0 Å². The minimum atomic E-state index is -1.39. The lowest BCUT2D eigenvalue weighted by atomic mass is 9.94. The second kappa shape index (κ2) is 11.5. The summed E-state index contributed by atoms with van der Waals surface area (Å²) < 4.78 is 36.7.